The second-order valence-electron chi connectivity index (χ2n) is 3.87. The Hall–Kier alpha value is -1.55. The van der Waals surface area contributed by atoms with Crippen molar-refractivity contribution in [3.8, 4) is 5.75 Å². The molecule has 96 valence electrons. The van der Waals surface area contributed by atoms with Gasteiger partial charge in [-0.25, -0.2) is 4.79 Å². The molecule has 0 aliphatic heterocycles. The summed E-state index contributed by atoms with van der Waals surface area (Å²) in [6.45, 7) is 7.07. The van der Waals surface area contributed by atoms with Gasteiger partial charge in [-0.05, 0) is 37.6 Å². The molecule has 0 heterocycles. The smallest absolute Gasteiger partial charge is 0.338 e. The standard InChI is InChI=1S/C14H16O3S/c1-4-5-13(15)18-12-8-6-11(7-9-12)17-14(16)10(2)3/h6-9H,2,4-5H2,1,3H3. The molecule has 4 heteroatoms. The fourth-order valence-corrected chi connectivity index (χ4v) is 2.00. The van der Waals surface area contributed by atoms with E-state index >= 15 is 0 Å². The highest BCUT2D eigenvalue weighted by atomic mass is 32.2. The number of esters is 1. The van der Waals surface area contributed by atoms with Crippen LogP contribution in [0.15, 0.2) is 41.3 Å². The molecule has 0 bridgehead atoms. The highest BCUT2D eigenvalue weighted by Crippen LogP contribution is 2.23. The SMILES string of the molecule is C=C(C)C(=O)Oc1ccc(SC(=O)CCC)cc1. The van der Waals surface area contributed by atoms with Crippen molar-refractivity contribution in [2.24, 2.45) is 0 Å². The number of hydrogen-bond donors (Lipinski definition) is 0. The fourth-order valence-electron chi connectivity index (χ4n) is 1.16. The number of hydrogen-bond acceptors (Lipinski definition) is 4. The zero-order valence-electron chi connectivity index (χ0n) is 10.6. The lowest BCUT2D eigenvalue weighted by molar-refractivity contribution is -0.130. The predicted octanol–water partition coefficient (Wildman–Crippen LogP) is 3.59. The Morgan fingerprint density at radius 1 is 1.28 bits per heavy atom. The van der Waals surface area contributed by atoms with Gasteiger partial charge in [0.25, 0.3) is 0 Å². The summed E-state index contributed by atoms with van der Waals surface area (Å²) in [7, 11) is 0. The Kier molecular flexibility index (Phi) is 5.65. The third-order valence-electron chi connectivity index (χ3n) is 2.07. The largest absolute Gasteiger partial charge is 0.423 e. The molecule has 0 radical (unpaired) electrons. The Balaban J connectivity index is 2.60. The second-order valence-corrected chi connectivity index (χ2v) is 5.00. The van der Waals surface area contributed by atoms with Crippen LogP contribution in [-0.4, -0.2) is 11.1 Å². The molecule has 1 aromatic rings. The molecule has 0 aliphatic carbocycles. The Bertz CT molecular complexity index is 449. The fraction of sp³-hybridized carbons (Fsp3) is 0.286. The topological polar surface area (TPSA) is 43.4 Å². The van der Waals surface area contributed by atoms with Crippen LogP contribution in [0.4, 0.5) is 0 Å². The molecule has 0 atom stereocenters. The maximum Gasteiger partial charge on any atom is 0.338 e. The van der Waals surface area contributed by atoms with E-state index in [1.807, 2.05) is 6.92 Å². The molecule has 0 spiro atoms. The van der Waals surface area contributed by atoms with Gasteiger partial charge in [0.1, 0.15) is 5.75 Å². The van der Waals surface area contributed by atoms with Crippen LogP contribution in [0.1, 0.15) is 26.7 Å². The van der Waals surface area contributed by atoms with Crippen LogP contribution < -0.4 is 4.74 Å². The number of ether oxygens (including phenoxy) is 1. The molecule has 0 N–H and O–H groups in total. The second kappa shape index (κ2) is 7.01. The lowest BCUT2D eigenvalue weighted by Crippen LogP contribution is -2.07. The summed E-state index contributed by atoms with van der Waals surface area (Å²) in [5, 5.41) is 0.143. The van der Waals surface area contributed by atoms with Gasteiger partial charge in [0.15, 0.2) is 5.12 Å². The van der Waals surface area contributed by atoms with Crippen LogP contribution >= 0.6 is 11.8 Å². The van der Waals surface area contributed by atoms with Crippen LogP contribution in [0.2, 0.25) is 0 Å². The van der Waals surface area contributed by atoms with Gasteiger partial charge in [-0.15, -0.1) is 0 Å². The molecule has 0 saturated heterocycles. The van der Waals surface area contributed by atoms with E-state index in [1.54, 1.807) is 31.2 Å². The summed E-state index contributed by atoms with van der Waals surface area (Å²) in [5.41, 5.74) is 0.353. The van der Waals surface area contributed by atoms with Crippen molar-refractivity contribution in [2.45, 2.75) is 31.6 Å². The van der Waals surface area contributed by atoms with Crippen LogP contribution in [0, 0.1) is 0 Å². The third kappa shape index (κ3) is 4.75. The van der Waals surface area contributed by atoms with E-state index in [0.29, 0.717) is 17.7 Å². The monoisotopic (exact) mass is 264 g/mol. The number of carbonyl (C=O) groups is 2. The van der Waals surface area contributed by atoms with Gasteiger partial charge in [0.2, 0.25) is 0 Å². The Labute approximate surface area is 111 Å². The molecule has 0 saturated carbocycles. The summed E-state index contributed by atoms with van der Waals surface area (Å²) in [6, 6.07) is 6.86. The van der Waals surface area contributed by atoms with E-state index in [2.05, 4.69) is 6.58 Å². The highest BCUT2D eigenvalue weighted by molar-refractivity contribution is 8.13. The number of carbonyl (C=O) groups excluding carboxylic acids is 2. The highest BCUT2D eigenvalue weighted by Gasteiger charge is 2.06. The molecule has 1 rings (SSSR count). The van der Waals surface area contributed by atoms with Crippen molar-refractivity contribution in [3.05, 3.63) is 36.4 Å². The lowest BCUT2D eigenvalue weighted by Gasteiger charge is -2.04. The van der Waals surface area contributed by atoms with Crippen molar-refractivity contribution in [1.29, 1.82) is 0 Å². The average molecular weight is 264 g/mol. The molecule has 0 amide bonds. The zero-order valence-corrected chi connectivity index (χ0v) is 11.4. The van der Waals surface area contributed by atoms with Gasteiger partial charge >= 0.3 is 5.97 Å². The molecule has 0 fully saturated rings. The first-order valence-electron chi connectivity index (χ1n) is 5.71. The first-order chi connectivity index (χ1) is 8.52. The third-order valence-corrected chi connectivity index (χ3v) is 3.01. The van der Waals surface area contributed by atoms with E-state index in [9.17, 15) is 9.59 Å². The van der Waals surface area contributed by atoms with Gasteiger partial charge in [0.05, 0.1) is 0 Å². The van der Waals surface area contributed by atoms with E-state index < -0.39 is 5.97 Å². The molecule has 0 aromatic heterocycles. The van der Waals surface area contributed by atoms with Crippen LogP contribution in [-0.2, 0) is 9.59 Å². The first kappa shape index (κ1) is 14.5. The average Bonchev–Trinajstić information content (AvgIpc) is 2.31. The maximum absolute atomic E-state index is 11.4. The van der Waals surface area contributed by atoms with E-state index in [4.69, 9.17) is 4.74 Å². The summed E-state index contributed by atoms with van der Waals surface area (Å²) in [5.74, 6) is 0.00718. The summed E-state index contributed by atoms with van der Waals surface area (Å²) < 4.78 is 5.05. The van der Waals surface area contributed by atoms with Crippen LogP contribution in [0.3, 0.4) is 0 Å². The predicted molar refractivity (Wildman–Crippen MR) is 72.7 cm³/mol. The van der Waals surface area contributed by atoms with Gasteiger partial charge in [-0.1, -0.05) is 25.3 Å². The quantitative estimate of drug-likeness (QED) is 0.353. The molecule has 0 aliphatic rings. The normalized spacial score (nSPS) is 9.89. The molecule has 18 heavy (non-hydrogen) atoms. The number of rotatable bonds is 5. The van der Waals surface area contributed by atoms with Gasteiger partial charge in [0, 0.05) is 16.9 Å². The molecular formula is C14H16O3S. The molecule has 3 nitrogen and oxygen atoms in total. The van der Waals surface area contributed by atoms with Crippen molar-refractivity contribution in [1.82, 2.24) is 0 Å². The van der Waals surface area contributed by atoms with Crippen molar-refractivity contribution >= 4 is 22.8 Å². The molecule has 0 unspecified atom stereocenters. The number of benzene rings is 1. The van der Waals surface area contributed by atoms with E-state index in [-0.39, 0.29) is 5.12 Å². The summed E-state index contributed by atoms with van der Waals surface area (Å²) >= 11 is 1.21. The van der Waals surface area contributed by atoms with Crippen molar-refractivity contribution in [2.75, 3.05) is 0 Å². The molecule has 1 aromatic carbocycles. The Morgan fingerprint density at radius 3 is 2.39 bits per heavy atom. The van der Waals surface area contributed by atoms with Crippen LogP contribution in [0.25, 0.3) is 0 Å². The van der Waals surface area contributed by atoms with Gasteiger partial charge in [-0.3, -0.25) is 4.79 Å². The van der Waals surface area contributed by atoms with Crippen LogP contribution in [0.5, 0.6) is 5.75 Å². The minimum Gasteiger partial charge on any atom is -0.423 e. The van der Waals surface area contributed by atoms with E-state index in [1.165, 1.54) is 11.8 Å². The van der Waals surface area contributed by atoms with E-state index in [0.717, 1.165) is 11.3 Å². The minimum absolute atomic E-state index is 0.143. The maximum atomic E-state index is 11.4. The summed E-state index contributed by atoms with van der Waals surface area (Å²) in [6.07, 6.45) is 1.41. The first-order valence-corrected chi connectivity index (χ1v) is 6.53. The van der Waals surface area contributed by atoms with Crippen molar-refractivity contribution in [3.63, 3.8) is 0 Å². The number of thioether (sulfide) groups is 1. The van der Waals surface area contributed by atoms with Crippen molar-refractivity contribution < 1.29 is 14.3 Å². The Morgan fingerprint density at radius 2 is 1.89 bits per heavy atom. The lowest BCUT2D eigenvalue weighted by atomic mass is 10.3. The zero-order chi connectivity index (χ0) is 13.5. The molecular weight excluding hydrogens is 248 g/mol. The van der Waals surface area contributed by atoms with Gasteiger partial charge < -0.3 is 4.74 Å². The van der Waals surface area contributed by atoms with Gasteiger partial charge in [-0.2, -0.15) is 0 Å². The summed E-state index contributed by atoms with van der Waals surface area (Å²) in [4.78, 5) is 23.6. The minimum atomic E-state index is -0.447.